The van der Waals surface area contributed by atoms with E-state index in [0.29, 0.717) is 17.9 Å². The minimum Gasteiger partial charge on any atom is -0.397 e. The number of para-hydroxylation sites is 1. The molecular formula is C18H26N6. The molecule has 0 amide bonds. The summed E-state index contributed by atoms with van der Waals surface area (Å²) in [5.41, 5.74) is 16.8. The molecule has 6 heteroatoms. The molecule has 0 radical (unpaired) electrons. The van der Waals surface area contributed by atoms with Gasteiger partial charge in [0.05, 0.1) is 29.3 Å². The molecule has 0 spiro atoms. The minimum atomic E-state index is 0.444. The van der Waals surface area contributed by atoms with E-state index >= 15 is 0 Å². The highest BCUT2D eigenvalue weighted by atomic mass is 15.4. The average Bonchev–Trinajstić information content (AvgIpc) is 2.56. The largest absolute Gasteiger partial charge is 0.397 e. The average molecular weight is 326 g/mol. The Morgan fingerprint density at radius 3 is 2.71 bits per heavy atom. The number of hydrogen-bond donors (Lipinski definition) is 3. The summed E-state index contributed by atoms with van der Waals surface area (Å²) in [6.07, 6.45) is 5.39. The van der Waals surface area contributed by atoms with Gasteiger partial charge < -0.3 is 16.8 Å². The van der Waals surface area contributed by atoms with Crippen molar-refractivity contribution < 1.29 is 0 Å². The molecule has 0 heterocycles. The number of nitrogen functional groups attached to an aromatic ring is 1. The summed E-state index contributed by atoms with van der Waals surface area (Å²) in [7, 11) is 1.76. The first kappa shape index (κ1) is 19.0. The molecule has 5 N–H and O–H groups in total. The Morgan fingerprint density at radius 2 is 2.12 bits per heavy atom. The third-order valence-corrected chi connectivity index (χ3v) is 3.28. The van der Waals surface area contributed by atoms with Crippen molar-refractivity contribution in [3.8, 4) is 0 Å². The van der Waals surface area contributed by atoms with E-state index < -0.39 is 0 Å². The van der Waals surface area contributed by atoms with Gasteiger partial charge in [-0.2, -0.15) is 5.10 Å². The predicted octanol–water partition coefficient (Wildman–Crippen LogP) is 3.08. The van der Waals surface area contributed by atoms with Gasteiger partial charge in [-0.25, -0.2) is 0 Å². The van der Waals surface area contributed by atoms with Gasteiger partial charge in [0, 0.05) is 13.8 Å². The maximum atomic E-state index is 6.26. The molecule has 0 aliphatic heterocycles. The lowest BCUT2D eigenvalue weighted by molar-refractivity contribution is 0.564. The number of allylic oxidation sites excluding steroid dienone is 3. The first-order valence-corrected chi connectivity index (χ1v) is 7.52. The molecule has 24 heavy (non-hydrogen) atoms. The maximum Gasteiger partial charge on any atom is 0.106 e. The van der Waals surface area contributed by atoms with E-state index in [4.69, 9.17) is 11.5 Å². The van der Waals surface area contributed by atoms with Gasteiger partial charge >= 0.3 is 0 Å². The van der Waals surface area contributed by atoms with Gasteiger partial charge in [0.2, 0.25) is 0 Å². The first-order chi connectivity index (χ1) is 11.4. The smallest absolute Gasteiger partial charge is 0.106 e. The second-order valence-corrected chi connectivity index (χ2v) is 5.28. The van der Waals surface area contributed by atoms with Crippen molar-refractivity contribution in [3.63, 3.8) is 0 Å². The number of hydrogen-bond acceptors (Lipinski definition) is 5. The molecule has 0 bridgehead atoms. The molecule has 0 aliphatic carbocycles. The monoisotopic (exact) mass is 326 g/mol. The van der Waals surface area contributed by atoms with Crippen LogP contribution in [-0.4, -0.2) is 25.1 Å². The maximum absolute atomic E-state index is 6.26. The van der Waals surface area contributed by atoms with Gasteiger partial charge in [-0.3, -0.25) is 10.0 Å². The third-order valence-electron chi connectivity index (χ3n) is 3.28. The number of anilines is 2. The molecule has 1 rings (SSSR count). The number of nitrogens with one attached hydrogen (secondary N) is 1. The van der Waals surface area contributed by atoms with Crippen LogP contribution >= 0.6 is 0 Å². The number of nitrogens with two attached hydrogens (primary N) is 2. The van der Waals surface area contributed by atoms with Crippen molar-refractivity contribution in [3.05, 3.63) is 59.5 Å². The van der Waals surface area contributed by atoms with Crippen molar-refractivity contribution in [2.24, 2.45) is 15.8 Å². The van der Waals surface area contributed by atoms with Crippen LogP contribution in [0.5, 0.6) is 0 Å². The lowest BCUT2D eigenvalue weighted by Gasteiger charge is -2.15. The molecule has 0 aliphatic rings. The highest BCUT2D eigenvalue weighted by molar-refractivity contribution is 5.73. The molecule has 1 aromatic carbocycles. The Morgan fingerprint density at radius 1 is 1.42 bits per heavy atom. The SMILES string of the molecule is C=NN(C)C=NCc1cccc(NC(/C=C/C)=C(/N)C(=C)C)c1N. The molecule has 0 aromatic heterocycles. The van der Waals surface area contributed by atoms with Crippen molar-refractivity contribution in [2.45, 2.75) is 20.4 Å². The van der Waals surface area contributed by atoms with E-state index in [0.717, 1.165) is 22.5 Å². The van der Waals surface area contributed by atoms with Crippen molar-refractivity contribution in [1.29, 1.82) is 0 Å². The predicted molar refractivity (Wildman–Crippen MR) is 105 cm³/mol. The van der Waals surface area contributed by atoms with E-state index in [-0.39, 0.29) is 0 Å². The summed E-state index contributed by atoms with van der Waals surface area (Å²) in [6, 6.07) is 5.75. The number of benzene rings is 1. The van der Waals surface area contributed by atoms with Crippen LogP contribution in [0.2, 0.25) is 0 Å². The summed E-state index contributed by atoms with van der Waals surface area (Å²) in [6.45, 7) is 11.5. The Bertz CT molecular complexity index is 685. The van der Waals surface area contributed by atoms with Crippen LogP contribution in [0.25, 0.3) is 0 Å². The molecule has 0 saturated carbocycles. The standard InChI is InChI=1S/C18H26N6/c1-6-8-15(17(19)13(2)3)23-16-10-7-9-14(18(16)20)11-22-12-24(5)21-4/h6-10,12,23H,2,4,11,19-20H2,1,3,5H3/b8-6+,17-15+,22-12?. The molecule has 0 saturated heterocycles. The van der Waals surface area contributed by atoms with Crippen molar-refractivity contribution >= 4 is 24.4 Å². The molecular weight excluding hydrogens is 300 g/mol. The zero-order chi connectivity index (χ0) is 18.1. The second-order valence-electron chi connectivity index (χ2n) is 5.28. The molecule has 0 atom stereocenters. The van der Waals surface area contributed by atoms with E-state index in [1.54, 1.807) is 13.4 Å². The van der Waals surface area contributed by atoms with Gasteiger partial charge in [-0.15, -0.1) is 0 Å². The highest BCUT2D eigenvalue weighted by Crippen LogP contribution is 2.26. The topological polar surface area (TPSA) is 92.0 Å². The van der Waals surface area contributed by atoms with Crippen LogP contribution in [0.1, 0.15) is 19.4 Å². The minimum absolute atomic E-state index is 0.444. The fourth-order valence-electron chi connectivity index (χ4n) is 1.89. The van der Waals surface area contributed by atoms with Gasteiger partial charge in [0.1, 0.15) is 6.34 Å². The van der Waals surface area contributed by atoms with Crippen molar-refractivity contribution in [2.75, 3.05) is 18.1 Å². The van der Waals surface area contributed by atoms with Crippen LogP contribution in [0.3, 0.4) is 0 Å². The Kier molecular flexibility index (Phi) is 7.29. The van der Waals surface area contributed by atoms with E-state index in [2.05, 4.69) is 28.7 Å². The van der Waals surface area contributed by atoms with Crippen LogP contribution in [0, 0.1) is 0 Å². The number of aliphatic imine (C=N–C) groups is 1. The Hall–Kier alpha value is -3.02. The summed E-state index contributed by atoms with van der Waals surface area (Å²) >= 11 is 0. The summed E-state index contributed by atoms with van der Waals surface area (Å²) in [4.78, 5) is 4.29. The zero-order valence-electron chi connectivity index (χ0n) is 14.6. The van der Waals surface area contributed by atoms with Gasteiger partial charge in [0.25, 0.3) is 0 Å². The van der Waals surface area contributed by atoms with Crippen LogP contribution < -0.4 is 16.8 Å². The summed E-state index contributed by atoms with van der Waals surface area (Å²) in [5, 5.41) is 8.51. The Labute approximate surface area is 143 Å². The van der Waals surface area contributed by atoms with Crippen LogP contribution in [0.15, 0.2) is 64.0 Å². The molecule has 0 unspecified atom stereocenters. The number of hydrazone groups is 1. The third kappa shape index (κ3) is 5.31. The normalized spacial score (nSPS) is 12.3. The highest BCUT2D eigenvalue weighted by Gasteiger charge is 2.07. The lowest BCUT2D eigenvalue weighted by atomic mass is 10.1. The second kappa shape index (κ2) is 9.19. The van der Waals surface area contributed by atoms with E-state index in [9.17, 15) is 0 Å². The lowest BCUT2D eigenvalue weighted by Crippen LogP contribution is -2.11. The van der Waals surface area contributed by atoms with Gasteiger partial charge in [-0.1, -0.05) is 24.8 Å². The fourth-order valence-corrected chi connectivity index (χ4v) is 1.89. The van der Waals surface area contributed by atoms with Gasteiger partial charge in [-0.05, 0) is 37.1 Å². The van der Waals surface area contributed by atoms with Crippen molar-refractivity contribution in [1.82, 2.24) is 5.01 Å². The molecule has 1 aromatic rings. The zero-order valence-corrected chi connectivity index (χ0v) is 14.6. The fraction of sp³-hybridized carbons (Fsp3) is 0.222. The van der Waals surface area contributed by atoms with Crippen LogP contribution in [0.4, 0.5) is 11.4 Å². The Balaban J connectivity index is 3.07. The summed E-state index contributed by atoms with van der Waals surface area (Å²) < 4.78 is 0. The molecule has 0 fully saturated rings. The number of rotatable bonds is 8. The summed E-state index contributed by atoms with van der Waals surface area (Å²) in [5.74, 6) is 0. The van der Waals surface area contributed by atoms with E-state index in [1.807, 2.05) is 44.2 Å². The first-order valence-electron chi connectivity index (χ1n) is 7.52. The quantitative estimate of drug-likeness (QED) is 0.225. The molecule has 128 valence electrons. The van der Waals surface area contributed by atoms with Crippen LogP contribution in [-0.2, 0) is 6.54 Å². The van der Waals surface area contributed by atoms with Gasteiger partial charge in [0.15, 0.2) is 0 Å². The molecule has 6 nitrogen and oxygen atoms in total. The number of nitrogens with zero attached hydrogens (tertiary/aromatic N) is 3. The van der Waals surface area contributed by atoms with E-state index in [1.165, 1.54) is 5.01 Å².